The molecule has 0 aromatic carbocycles. The molecule has 9 atom stereocenters. The highest BCUT2D eigenvalue weighted by Crippen LogP contribution is 2.67. The Bertz CT molecular complexity index is 1080. The fourth-order valence-corrected chi connectivity index (χ4v) is 10.3. The van der Waals surface area contributed by atoms with Gasteiger partial charge < -0.3 is 5.32 Å². The molecule has 4 aliphatic rings. The van der Waals surface area contributed by atoms with Crippen molar-refractivity contribution in [3.63, 3.8) is 0 Å². The number of rotatable bonds is 7. The standard InChI is InChI=1S/C31H43NO4S/c1-5-25(27-9-6-21(17-33)37-27)32-28(36)14-18(2)22-7-8-23-29-24(11-13-31(22,23)4)30(3)12-10-20(34)15-19(30)16-26(29)35/h6,9,17-19,22-25,29H,5,7-8,10-16H2,1-4H3,(H,32,36)/t18-,19+,22-,23+,24+,25-,29+,30+,31-/m1/s1. The number of hydrogen-bond donors (Lipinski definition) is 1. The highest BCUT2D eigenvalue weighted by atomic mass is 32.1. The van der Waals surface area contributed by atoms with Gasteiger partial charge in [0, 0.05) is 36.5 Å². The summed E-state index contributed by atoms with van der Waals surface area (Å²) in [7, 11) is 0. The van der Waals surface area contributed by atoms with Gasteiger partial charge in [0.25, 0.3) is 0 Å². The van der Waals surface area contributed by atoms with E-state index in [1.807, 2.05) is 12.1 Å². The number of carbonyl (C=O) groups excluding carboxylic acids is 4. The van der Waals surface area contributed by atoms with Crippen LogP contribution in [0.2, 0.25) is 0 Å². The summed E-state index contributed by atoms with van der Waals surface area (Å²) in [6.45, 7) is 9.08. The van der Waals surface area contributed by atoms with Gasteiger partial charge in [-0.05, 0) is 91.1 Å². The van der Waals surface area contributed by atoms with Crippen LogP contribution in [0.15, 0.2) is 12.1 Å². The molecule has 0 aliphatic heterocycles. The summed E-state index contributed by atoms with van der Waals surface area (Å²) in [6.07, 6.45) is 9.36. The Morgan fingerprint density at radius 3 is 2.57 bits per heavy atom. The topological polar surface area (TPSA) is 80.3 Å². The van der Waals surface area contributed by atoms with E-state index in [2.05, 4.69) is 33.0 Å². The highest BCUT2D eigenvalue weighted by Gasteiger charge is 2.63. The molecule has 4 saturated carbocycles. The Hall–Kier alpha value is -1.82. The first kappa shape index (κ1) is 26.8. The molecule has 0 unspecified atom stereocenters. The van der Waals surface area contributed by atoms with Crippen molar-refractivity contribution in [2.45, 2.75) is 97.9 Å². The molecule has 1 amide bonds. The number of amides is 1. The molecule has 4 fully saturated rings. The Balaban J connectivity index is 1.27. The summed E-state index contributed by atoms with van der Waals surface area (Å²) >= 11 is 1.45. The number of ketones is 2. The van der Waals surface area contributed by atoms with Gasteiger partial charge >= 0.3 is 0 Å². The molecule has 1 N–H and O–H groups in total. The molecule has 0 bridgehead atoms. The van der Waals surface area contributed by atoms with Crippen LogP contribution in [0.25, 0.3) is 0 Å². The number of aldehydes is 1. The van der Waals surface area contributed by atoms with E-state index in [-0.39, 0.29) is 40.5 Å². The first-order valence-electron chi connectivity index (χ1n) is 14.5. The fraction of sp³-hybridized carbons (Fsp3) is 0.742. The molecule has 5 nitrogen and oxygen atoms in total. The number of carbonyl (C=O) groups is 4. The smallest absolute Gasteiger partial charge is 0.220 e. The lowest BCUT2D eigenvalue weighted by Crippen LogP contribution is -2.57. The quantitative estimate of drug-likeness (QED) is 0.409. The number of thiophene rings is 1. The van der Waals surface area contributed by atoms with E-state index in [4.69, 9.17) is 0 Å². The van der Waals surface area contributed by atoms with Gasteiger partial charge in [0.05, 0.1) is 10.9 Å². The van der Waals surface area contributed by atoms with Crippen LogP contribution in [0.1, 0.15) is 112 Å². The predicted octanol–water partition coefficient (Wildman–Crippen LogP) is 6.56. The van der Waals surface area contributed by atoms with Crippen LogP contribution >= 0.6 is 11.3 Å². The van der Waals surface area contributed by atoms with Crippen molar-refractivity contribution >= 4 is 35.1 Å². The van der Waals surface area contributed by atoms with Crippen LogP contribution in [-0.4, -0.2) is 23.8 Å². The Morgan fingerprint density at radius 1 is 1.11 bits per heavy atom. The lowest BCUT2D eigenvalue weighted by atomic mass is 9.44. The molecule has 4 aliphatic carbocycles. The minimum absolute atomic E-state index is 0.0586. The fourth-order valence-electron chi connectivity index (χ4n) is 9.38. The van der Waals surface area contributed by atoms with Crippen molar-refractivity contribution in [2.24, 2.45) is 46.3 Å². The number of fused-ring (bicyclic) bond motifs is 5. The molecule has 37 heavy (non-hydrogen) atoms. The van der Waals surface area contributed by atoms with Crippen molar-refractivity contribution < 1.29 is 19.2 Å². The Kier molecular flexibility index (Phi) is 7.27. The average molecular weight is 526 g/mol. The summed E-state index contributed by atoms with van der Waals surface area (Å²) in [6, 6.07) is 3.71. The largest absolute Gasteiger partial charge is 0.348 e. The summed E-state index contributed by atoms with van der Waals surface area (Å²) in [4.78, 5) is 51.7. The van der Waals surface area contributed by atoms with Crippen LogP contribution in [0, 0.1) is 46.3 Å². The highest BCUT2D eigenvalue weighted by molar-refractivity contribution is 7.13. The lowest BCUT2D eigenvalue weighted by Gasteiger charge is -2.59. The van der Waals surface area contributed by atoms with Crippen LogP contribution in [-0.2, 0) is 14.4 Å². The van der Waals surface area contributed by atoms with Crippen LogP contribution in [0.3, 0.4) is 0 Å². The van der Waals surface area contributed by atoms with Crippen LogP contribution in [0.5, 0.6) is 0 Å². The monoisotopic (exact) mass is 525 g/mol. The minimum Gasteiger partial charge on any atom is -0.348 e. The molecule has 1 aromatic rings. The first-order chi connectivity index (χ1) is 17.6. The molecule has 0 saturated heterocycles. The summed E-state index contributed by atoms with van der Waals surface area (Å²) in [5.74, 6) is 2.73. The molecule has 0 spiro atoms. The second kappa shape index (κ2) is 10.1. The molecule has 1 aromatic heterocycles. The normalized spacial score (nSPS) is 38.8. The number of hydrogen-bond acceptors (Lipinski definition) is 5. The maximum absolute atomic E-state index is 13.6. The van der Waals surface area contributed by atoms with Gasteiger partial charge in [-0.3, -0.25) is 19.2 Å². The van der Waals surface area contributed by atoms with Gasteiger partial charge in [0.1, 0.15) is 11.6 Å². The third-order valence-electron chi connectivity index (χ3n) is 11.4. The third kappa shape index (κ3) is 4.55. The van der Waals surface area contributed by atoms with Gasteiger partial charge in [-0.1, -0.05) is 27.7 Å². The van der Waals surface area contributed by atoms with E-state index in [0.717, 1.165) is 49.7 Å². The van der Waals surface area contributed by atoms with E-state index in [9.17, 15) is 19.2 Å². The Labute approximate surface area is 225 Å². The van der Waals surface area contributed by atoms with Crippen LogP contribution in [0.4, 0.5) is 0 Å². The first-order valence-corrected chi connectivity index (χ1v) is 15.3. The maximum atomic E-state index is 13.6. The van der Waals surface area contributed by atoms with E-state index in [0.29, 0.717) is 59.9 Å². The second-order valence-corrected chi connectivity index (χ2v) is 14.3. The number of nitrogens with one attached hydrogen (secondary N) is 1. The van der Waals surface area contributed by atoms with Crippen LogP contribution < -0.4 is 5.32 Å². The number of Topliss-reactive ketones (excluding diaryl/α,β-unsaturated/α-hetero) is 2. The van der Waals surface area contributed by atoms with Crippen molar-refractivity contribution in [2.75, 3.05) is 0 Å². The van der Waals surface area contributed by atoms with Crippen molar-refractivity contribution in [1.82, 2.24) is 5.32 Å². The zero-order chi connectivity index (χ0) is 26.5. The zero-order valence-corrected chi connectivity index (χ0v) is 23.7. The molecular weight excluding hydrogens is 482 g/mol. The zero-order valence-electron chi connectivity index (χ0n) is 22.9. The molecule has 1 heterocycles. The van der Waals surface area contributed by atoms with Gasteiger partial charge in [-0.15, -0.1) is 11.3 Å². The maximum Gasteiger partial charge on any atom is 0.220 e. The minimum atomic E-state index is -0.0586. The van der Waals surface area contributed by atoms with E-state index in [1.54, 1.807) is 0 Å². The summed E-state index contributed by atoms with van der Waals surface area (Å²) in [5.41, 5.74) is 0.221. The van der Waals surface area contributed by atoms with Gasteiger partial charge in [-0.2, -0.15) is 0 Å². The molecule has 202 valence electrons. The van der Waals surface area contributed by atoms with E-state index < -0.39 is 0 Å². The predicted molar refractivity (Wildman–Crippen MR) is 145 cm³/mol. The summed E-state index contributed by atoms with van der Waals surface area (Å²) < 4.78 is 0. The lowest BCUT2D eigenvalue weighted by molar-refractivity contribution is -0.159. The molecule has 6 heteroatoms. The van der Waals surface area contributed by atoms with Crippen molar-refractivity contribution in [3.05, 3.63) is 21.9 Å². The SMILES string of the molecule is CC[C@@H](NC(=O)C[C@@H](C)[C@H]1CC[C@H]2[C@@H]3C(=O)C[C@@H]4CC(=O)CC[C@]4(C)[C@H]3CC[C@]12C)c1ccc(C=O)s1. The van der Waals surface area contributed by atoms with E-state index in [1.165, 1.54) is 11.3 Å². The van der Waals surface area contributed by atoms with Crippen molar-refractivity contribution in [1.29, 1.82) is 0 Å². The second-order valence-electron chi connectivity index (χ2n) is 13.2. The van der Waals surface area contributed by atoms with Gasteiger partial charge in [0.15, 0.2) is 6.29 Å². The van der Waals surface area contributed by atoms with Gasteiger partial charge in [-0.25, -0.2) is 0 Å². The van der Waals surface area contributed by atoms with Gasteiger partial charge in [0.2, 0.25) is 5.91 Å². The molecule has 0 radical (unpaired) electrons. The Morgan fingerprint density at radius 2 is 1.86 bits per heavy atom. The molecule has 5 rings (SSSR count). The average Bonchev–Trinajstić information content (AvgIpc) is 3.48. The third-order valence-corrected chi connectivity index (χ3v) is 12.5. The van der Waals surface area contributed by atoms with E-state index >= 15 is 0 Å². The summed E-state index contributed by atoms with van der Waals surface area (Å²) in [5, 5.41) is 3.23. The van der Waals surface area contributed by atoms with Crippen molar-refractivity contribution in [3.8, 4) is 0 Å². The molecular formula is C31H43NO4S.